The number of esters is 2. The second kappa shape index (κ2) is 14.7. The van der Waals surface area contributed by atoms with Crippen molar-refractivity contribution >= 4 is 23.8 Å². The average Bonchev–Trinajstić information content (AvgIpc) is 2.87. The minimum absolute atomic E-state index is 0.0672. The lowest BCUT2D eigenvalue weighted by Gasteiger charge is -2.33. The van der Waals surface area contributed by atoms with Crippen LogP contribution in [0.3, 0.4) is 0 Å². The Balaban J connectivity index is 1.99. The van der Waals surface area contributed by atoms with Gasteiger partial charge < -0.3 is 19.7 Å². The lowest BCUT2D eigenvalue weighted by Crippen LogP contribution is -2.51. The fourth-order valence-corrected chi connectivity index (χ4v) is 4.42. The Bertz CT molecular complexity index is 891. The highest BCUT2D eigenvalue weighted by atomic mass is 16.6. The number of piperidine rings is 1. The van der Waals surface area contributed by atoms with E-state index in [1.54, 1.807) is 25.7 Å². The first-order chi connectivity index (χ1) is 17.5. The van der Waals surface area contributed by atoms with E-state index in [4.69, 9.17) is 9.47 Å². The molecule has 206 valence electrons. The number of benzene rings is 1. The van der Waals surface area contributed by atoms with Gasteiger partial charge in [-0.2, -0.15) is 0 Å². The van der Waals surface area contributed by atoms with Gasteiger partial charge in [0.15, 0.2) is 0 Å². The van der Waals surface area contributed by atoms with E-state index in [9.17, 15) is 19.2 Å². The quantitative estimate of drug-likeness (QED) is 0.413. The molecule has 1 fully saturated rings. The number of hydrogen-bond acceptors (Lipinski definition) is 6. The predicted octanol–water partition coefficient (Wildman–Crippen LogP) is 4.40. The third-order valence-electron chi connectivity index (χ3n) is 6.69. The molecular formula is C29H44N2O6. The van der Waals surface area contributed by atoms with Gasteiger partial charge in [0.2, 0.25) is 11.8 Å². The topological polar surface area (TPSA) is 102 Å². The summed E-state index contributed by atoms with van der Waals surface area (Å²) in [5.41, 5.74) is 0.0431. The molecule has 1 heterocycles. The maximum absolute atomic E-state index is 13.2. The minimum Gasteiger partial charge on any atom is -0.461 e. The highest BCUT2D eigenvalue weighted by Crippen LogP contribution is 2.21. The number of likely N-dealkylation sites (tertiary alicyclic amines) is 1. The van der Waals surface area contributed by atoms with Crippen molar-refractivity contribution in [1.82, 2.24) is 10.2 Å². The number of amides is 2. The Morgan fingerprint density at radius 3 is 2.38 bits per heavy atom. The van der Waals surface area contributed by atoms with E-state index in [2.05, 4.69) is 19.2 Å². The zero-order chi connectivity index (χ0) is 27.4. The minimum atomic E-state index is -1.17. The highest BCUT2D eigenvalue weighted by molar-refractivity contribution is 5.89. The lowest BCUT2D eigenvalue weighted by molar-refractivity contribution is -0.162. The van der Waals surface area contributed by atoms with Crippen LogP contribution in [0, 0.1) is 11.8 Å². The van der Waals surface area contributed by atoms with E-state index < -0.39 is 29.5 Å². The third kappa shape index (κ3) is 10.9. The van der Waals surface area contributed by atoms with Crippen molar-refractivity contribution in [1.29, 1.82) is 0 Å². The lowest BCUT2D eigenvalue weighted by atomic mass is 9.94. The molecule has 0 spiro atoms. The third-order valence-corrected chi connectivity index (χ3v) is 6.69. The van der Waals surface area contributed by atoms with E-state index in [0.717, 1.165) is 24.8 Å². The summed E-state index contributed by atoms with van der Waals surface area (Å²) in [6.07, 6.45) is 4.42. The number of carbonyl (C=O) groups excluding carboxylic acids is 4. The number of ether oxygens (including phenoxy) is 2. The molecule has 2 atom stereocenters. The Morgan fingerprint density at radius 1 is 1.08 bits per heavy atom. The normalized spacial score (nSPS) is 16.7. The van der Waals surface area contributed by atoms with Crippen LogP contribution in [0.15, 0.2) is 30.3 Å². The summed E-state index contributed by atoms with van der Waals surface area (Å²) in [5.74, 6) is -1.50. The van der Waals surface area contributed by atoms with Crippen molar-refractivity contribution in [2.75, 3.05) is 13.1 Å². The fraction of sp³-hybridized carbons (Fsp3) is 0.655. The number of carbonyl (C=O) groups is 4. The molecule has 0 saturated carbocycles. The summed E-state index contributed by atoms with van der Waals surface area (Å²) >= 11 is 0. The molecule has 0 aliphatic carbocycles. The van der Waals surface area contributed by atoms with Crippen LogP contribution in [0.4, 0.5) is 0 Å². The molecule has 37 heavy (non-hydrogen) atoms. The highest BCUT2D eigenvalue weighted by Gasteiger charge is 2.34. The molecule has 1 aromatic rings. The summed E-state index contributed by atoms with van der Waals surface area (Å²) in [7, 11) is 0. The molecule has 0 radical (unpaired) electrons. The summed E-state index contributed by atoms with van der Waals surface area (Å²) in [6.45, 7) is 10.5. The Hall–Kier alpha value is -2.90. The molecule has 0 bridgehead atoms. The van der Waals surface area contributed by atoms with Gasteiger partial charge in [0.1, 0.15) is 18.2 Å². The predicted molar refractivity (Wildman–Crippen MR) is 141 cm³/mol. The molecule has 1 N–H and O–H groups in total. The first-order valence-electron chi connectivity index (χ1n) is 13.5. The van der Waals surface area contributed by atoms with Crippen molar-refractivity contribution in [3.63, 3.8) is 0 Å². The smallest absolute Gasteiger partial charge is 0.329 e. The van der Waals surface area contributed by atoms with Gasteiger partial charge in [-0.15, -0.1) is 0 Å². The monoisotopic (exact) mass is 516 g/mol. The van der Waals surface area contributed by atoms with Gasteiger partial charge in [-0.1, -0.05) is 57.0 Å². The molecule has 0 aromatic heterocycles. The molecule has 1 aromatic carbocycles. The summed E-state index contributed by atoms with van der Waals surface area (Å²) in [6, 6.07) is 8.05. The SMILES string of the molecule is CCC(CC)CCC(=O)N1CCC[C@@H](C(=O)N[C@@H](CC(=O)OCc2ccccc2)C(=O)OC(C)(C)C)C1. The maximum Gasteiger partial charge on any atom is 0.329 e. The van der Waals surface area contributed by atoms with Gasteiger partial charge in [0.05, 0.1) is 12.3 Å². The first-order valence-corrected chi connectivity index (χ1v) is 13.5. The van der Waals surface area contributed by atoms with Crippen LogP contribution in [0.5, 0.6) is 0 Å². The average molecular weight is 517 g/mol. The Morgan fingerprint density at radius 2 is 1.76 bits per heavy atom. The molecular weight excluding hydrogens is 472 g/mol. The van der Waals surface area contributed by atoms with Crippen molar-refractivity contribution < 1.29 is 28.7 Å². The standard InChI is InChI=1S/C29H44N2O6/c1-6-21(7-2)15-16-25(32)31-17-11-14-23(19-31)27(34)30-24(28(35)37-29(3,4)5)18-26(33)36-20-22-12-9-8-10-13-22/h8-10,12-13,21,23-24H,6-7,11,14-20H2,1-5H3,(H,30,34)/t23-,24+/m1/s1. The summed E-state index contributed by atoms with van der Waals surface area (Å²) < 4.78 is 10.8. The van der Waals surface area contributed by atoms with Crippen molar-refractivity contribution in [3.05, 3.63) is 35.9 Å². The zero-order valence-electron chi connectivity index (χ0n) is 23.1. The second-order valence-corrected chi connectivity index (χ2v) is 10.8. The van der Waals surface area contributed by atoms with Crippen LogP contribution in [-0.4, -0.2) is 53.4 Å². The fourth-order valence-electron chi connectivity index (χ4n) is 4.42. The largest absolute Gasteiger partial charge is 0.461 e. The van der Waals surface area contributed by atoms with E-state index in [1.165, 1.54) is 0 Å². The molecule has 8 nitrogen and oxygen atoms in total. The van der Waals surface area contributed by atoms with Gasteiger partial charge in [-0.25, -0.2) is 4.79 Å². The molecule has 1 aliphatic rings. The first kappa shape index (κ1) is 30.3. The molecule has 2 amide bonds. The molecule has 8 heteroatoms. The van der Waals surface area contributed by atoms with Crippen LogP contribution < -0.4 is 5.32 Å². The van der Waals surface area contributed by atoms with Gasteiger partial charge in [0.25, 0.3) is 0 Å². The van der Waals surface area contributed by atoms with Crippen LogP contribution in [-0.2, 0) is 35.3 Å². The van der Waals surface area contributed by atoms with Crippen molar-refractivity contribution in [2.24, 2.45) is 11.8 Å². The van der Waals surface area contributed by atoms with Crippen LogP contribution in [0.25, 0.3) is 0 Å². The van der Waals surface area contributed by atoms with E-state index >= 15 is 0 Å². The number of rotatable bonds is 12. The molecule has 1 saturated heterocycles. The Labute approximate surface area is 221 Å². The van der Waals surface area contributed by atoms with Gasteiger partial charge in [-0.05, 0) is 51.5 Å². The summed E-state index contributed by atoms with van der Waals surface area (Å²) in [4.78, 5) is 53.1. The number of hydrogen-bond donors (Lipinski definition) is 1. The van der Waals surface area contributed by atoms with Crippen LogP contribution >= 0.6 is 0 Å². The van der Waals surface area contributed by atoms with Crippen LogP contribution in [0.2, 0.25) is 0 Å². The zero-order valence-corrected chi connectivity index (χ0v) is 23.1. The van der Waals surface area contributed by atoms with E-state index in [-0.39, 0.29) is 24.8 Å². The molecule has 2 rings (SSSR count). The van der Waals surface area contributed by atoms with Crippen LogP contribution in [0.1, 0.15) is 85.1 Å². The number of nitrogens with one attached hydrogen (secondary N) is 1. The van der Waals surface area contributed by atoms with Gasteiger partial charge in [0, 0.05) is 19.5 Å². The van der Waals surface area contributed by atoms with Gasteiger partial charge in [-0.3, -0.25) is 14.4 Å². The molecule has 1 aliphatic heterocycles. The Kier molecular flexibility index (Phi) is 12.1. The maximum atomic E-state index is 13.2. The van der Waals surface area contributed by atoms with E-state index in [0.29, 0.717) is 38.3 Å². The number of nitrogens with zero attached hydrogens (tertiary/aromatic N) is 1. The van der Waals surface area contributed by atoms with Crippen molar-refractivity contribution in [3.8, 4) is 0 Å². The van der Waals surface area contributed by atoms with Gasteiger partial charge >= 0.3 is 11.9 Å². The molecule has 0 unspecified atom stereocenters. The summed E-state index contributed by atoms with van der Waals surface area (Å²) in [5, 5.41) is 2.71. The van der Waals surface area contributed by atoms with E-state index in [1.807, 2.05) is 30.3 Å². The second-order valence-electron chi connectivity index (χ2n) is 10.8. The van der Waals surface area contributed by atoms with Crippen molar-refractivity contribution in [2.45, 2.75) is 97.8 Å².